The zero-order chi connectivity index (χ0) is 22.1. The van der Waals surface area contributed by atoms with Gasteiger partial charge in [0.2, 0.25) is 5.88 Å². The minimum Gasteiger partial charge on any atom is -0.480 e. The molecule has 0 bridgehead atoms. The fraction of sp³-hybridized carbons (Fsp3) is 0.350. The number of ether oxygens (including phenoxy) is 3. The van der Waals surface area contributed by atoms with E-state index in [9.17, 15) is 9.59 Å². The van der Waals surface area contributed by atoms with E-state index in [4.69, 9.17) is 14.2 Å². The molecule has 0 aliphatic heterocycles. The van der Waals surface area contributed by atoms with Gasteiger partial charge in [0.1, 0.15) is 11.2 Å². The number of hydrogen-bond donors (Lipinski definition) is 0. The summed E-state index contributed by atoms with van der Waals surface area (Å²) < 4.78 is 16.8. The van der Waals surface area contributed by atoms with Gasteiger partial charge in [-0.3, -0.25) is 0 Å². The molecule has 0 unspecified atom stereocenters. The van der Waals surface area contributed by atoms with Gasteiger partial charge >= 0.3 is 12.1 Å². The molecule has 0 saturated carbocycles. The van der Waals surface area contributed by atoms with Crippen LogP contribution in [0.4, 0.5) is 10.7 Å². The molecular weight excluding hydrogens is 390 g/mol. The number of carbonyl (C=O) groups excluding carboxylic acids is 2. The Morgan fingerprint density at radius 2 is 1.87 bits per heavy atom. The van der Waals surface area contributed by atoms with E-state index in [2.05, 4.69) is 15.1 Å². The van der Waals surface area contributed by atoms with Crippen LogP contribution in [-0.4, -0.2) is 58.5 Å². The van der Waals surface area contributed by atoms with E-state index in [1.54, 1.807) is 58.4 Å². The van der Waals surface area contributed by atoms with E-state index in [1.807, 2.05) is 0 Å². The summed E-state index contributed by atoms with van der Waals surface area (Å²) in [7, 11) is 4.26. The van der Waals surface area contributed by atoms with Crippen molar-refractivity contribution in [2.75, 3.05) is 26.2 Å². The van der Waals surface area contributed by atoms with E-state index < -0.39 is 17.7 Å². The molecule has 1 amide bonds. The highest BCUT2D eigenvalue weighted by atomic mass is 16.6. The van der Waals surface area contributed by atoms with Crippen molar-refractivity contribution < 1.29 is 23.8 Å². The molecule has 30 heavy (non-hydrogen) atoms. The molecular formula is C20H23N5O5. The quantitative estimate of drug-likeness (QED) is 0.601. The molecule has 3 aromatic heterocycles. The summed E-state index contributed by atoms with van der Waals surface area (Å²) in [4.78, 5) is 34.1. The van der Waals surface area contributed by atoms with Crippen molar-refractivity contribution in [3.05, 3.63) is 36.2 Å². The van der Waals surface area contributed by atoms with Crippen molar-refractivity contribution in [2.24, 2.45) is 0 Å². The van der Waals surface area contributed by atoms with E-state index in [0.29, 0.717) is 11.2 Å². The molecule has 0 saturated heterocycles. The van der Waals surface area contributed by atoms with Crippen molar-refractivity contribution in [1.82, 2.24) is 19.6 Å². The van der Waals surface area contributed by atoms with Crippen molar-refractivity contribution in [1.29, 1.82) is 0 Å². The molecule has 10 nitrogen and oxygen atoms in total. The van der Waals surface area contributed by atoms with Crippen LogP contribution >= 0.6 is 0 Å². The zero-order valence-electron chi connectivity index (χ0n) is 17.7. The standard InChI is InChI=1S/C20H23N5O5/c1-20(2,3)30-19(27)24(4)18-22-15-10-12(7-8-25(15)23-18)13-9-14(17(26)29-6)16(28-5)21-11-13/h7-11H,1-6H3. The lowest BCUT2D eigenvalue weighted by Gasteiger charge is -2.22. The van der Waals surface area contributed by atoms with Crippen molar-refractivity contribution >= 4 is 23.7 Å². The van der Waals surface area contributed by atoms with Gasteiger partial charge in [0.15, 0.2) is 5.65 Å². The molecule has 0 N–H and O–H groups in total. The van der Waals surface area contributed by atoms with Crippen LogP contribution in [0.1, 0.15) is 31.1 Å². The minimum absolute atomic E-state index is 0.176. The molecule has 3 heterocycles. The Kier molecular flexibility index (Phi) is 5.59. The first-order valence-electron chi connectivity index (χ1n) is 9.09. The van der Waals surface area contributed by atoms with Gasteiger partial charge in [0.05, 0.1) is 14.2 Å². The van der Waals surface area contributed by atoms with Gasteiger partial charge in [-0.25, -0.2) is 24.0 Å². The van der Waals surface area contributed by atoms with E-state index in [0.717, 1.165) is 5.56 Å². The molecule has 0 aliphatic carbocycles. The zero-order valence-corrected chi connectivity index (χ0v) is 17.7. The number of amides is 1. The maximum Gasteiger partial charge on any atom is 0.416 e. The summed E-state index contributed by atoms with van der Waals surface area (Å²) in [5.41, 5.74) is 1.51. The van der Waals surface area contributed by atoms with Crippen LogP contribution in [0.25, 0.3) is 16.8 Å². The Morgan fingerprint density at radius 1 is 1.13 bits per heavy atom. The number of fused-ring (bicyclic) bond motifs is 1. The second-order valence-electron chi connectivity index (χ2n) is 7.44. The van der Waals surface area contributed by atoms with Crippen LogP contribution in [0.3, 0.4) is 0 Å². The number of methoxy groups -OCH3 is 2. The Hall–Kier alpha value is -3.69. The van der Waals surface area contributed by atoms with Gasteiger partial charge in [-0.2, -0.15) is 4.98 Å². The normalized spacial score (nSPS) is 11.3. The lowest BCUT2D eigenvalue weighted by atomic mass is 10.1. The third kappa shape index (κ3) is 4.32. The number of nitrogens with zero attached hydrogens (tertiary/aromatic N) is 5. The van der Waals surface area contributed by atoms with Gasteiger partial charge in [0, 0.05) is 25.0 Å². The average molecular weight is 413 g/mol. The predicted molar refractivity (Wildman–Crippen MR) is 109 cm³/mol. The predicted octanol–water partition coefficient (Wildman–Crippen LogP) is 2.96. The van der Waals surface area contributed by atoms with E-state index in [-0.39, 0.29) is 17.4 Å². The molecule has 3 rings (SSSR count). The molecule has 3 aromatic rings. The lowest BCUT2D eigenvalue weighted by molar-refractivity contribution is 0.0580. The van der Waals surface area contributed by atoms with Gasteiger partial charge in [-0.05, 0) is 44.5 Å². The lowest BCUT2D eigenvalue weighted by Crippen LogP contribution is -2.34. The molecule has 158 valence electrons. The Morgan fingerprint density at radius 3 is 2.50 bits per heavy atom. The number of esters is 1. The highest BCUT2D eigenvalue weighted by molar-refractivity contribution is 5.93. The number of aromatic nitrogens is 4. The highest BCUT2D eigenvalue weighted by Gasteiger charge is 2.23. The van der Waals surface area contributed by atoms with E-state index >= 15 is 0 Å². The van der Waals surface area contributed by atoms with Gasteiger partial charge in [-0.1, -0.05) is 0 Å². The van der Waals surface area contributed by atoms with Gasteiger partial charge in [-0.15, -0.1) is 5.10 Å². The van der Waals surface area contributed by atoms with Crippen LogP contribution < -0.4 is 9.64 Å². The van der Waals surface area contributed by atoms with Crippen LogP contribution in [0.15, 0.2) is 30.6 Å². The summed E-state index contributed by atoms with van der Waals surface area (Å²) in [6, 6.07) is 5.20. The number of rotatable bonds is 4. The summed E-state index contributed by atoms with van der Waals surface area (Å²) in [5.74, 6) is -0.175. The summed E-state index contributed by atoms with van der Waals surface area (Å²) in [5, 5.41) is 4.31. The molecule has 0 aliphatic rings. The fourth-order valence-electron chi connectivity index (χ4n) is 2.63. The molecule has 0 spiro atoms. The van der Waals surface area contributed by atoms with Crippen LogP contribution in [-0.2, 0) is 9.47 Å². The van der Waals surface area contributed by atoms with Crippen molar-refractivity contribution in [2.45, 2.75) is 26.4 Å². The summed E-state index contributed by atoms with van der Waals surface area (Å²) in [6.45, 7) is 5.36. The topological polar surface area (TPSA) is 108 Å². The molecule has 0 atom stereocenters. The fourth-order valence-corrected chi connectivity index (χ4v) is 2.63. The second-order valence-corrected chi connectivity index (χ2v) is 7.44. The van der Waals surface area contributed by atoms with Crippen LogP contribution in [0.2, 0.25) is 0 Å². The first-order chi connectivity index (χ1) is 14.1. The largest absolute Gasteiger partial charge is 0.480 e. The SMILES string of the molecule is COC(=O)c1cc(-c2ccn3nc(N(C)C(=O)OC(C)(C)C)nc3c2)cnc1OC. The number of hydrogen-bond acceptors (Lipinski definition) is 8. The third-order valence-electron chi connectivity index (χ3n) is 4.08. The Labute approximate surface area is 173 Å². The van der Waals surface area contributed by atoms with Crippen LogP contribution in [0, 0.1) is 0 Å². The van der Waals surface area contributed by atoms with E-state index in [1.165, 1.54) is 23.6 Å². The average Bonchev–Trinajstić information content (AvgIpc) is 3.14. The van der Waals surface area contributed by atoms with Gasteiger partial charge in [0.25, 0.3) is 5.95 Å². The first kappa shape index (κ1) is 21.0. The monoisotopic (exact) mass is 413 g/mol. The highest BCUT2D eigenvalue weighted by Crippen LogP contribution is 2.26. The van der Waals surface area contributed by atoms with Crippen molar-refractivity contribution in [3.8, 4) is 17.0 Å². The molecule has 0 fully saturated rings. The Balaban J connectivity index is 1.95. The summed E-state index contributed by atoms with van der Waals surface area (Å²) in [6.07, 6.45) is 2.73. The van der Waals surface area contributed by atoms with Crippen molar-refractivity contribution in [3.63, 3.8) is 0 Å². The number of anilines is 1. The Bertz CT molecular complexity index is 1100. The maximum absolute atomic E-state index is 12.3. The second kappa shape index (κ2) is 7.97. The third-order valence-corrected chi connectivity index (χ3v) is 4.08. The smallest absolute Gasteiger partial charge is 0.416 e. The molecule has 0 radical (unpaired) electrons. The summed E-state index contributed by atoms with van der Waals surface area (Å²) >= 11 is 0. The first-order valence-corrected chi connectivity index (χ1v) is 9.09. The minimum atomic E-state index is -0.629. The maximum atomic E-state index is 12.3. The number of carbonyl (C=O) groups is 2. The number of pyridine rings is 2. The van der Waals surface area contributed by atoms with Gasteiger partial charge < -0.3 is 14.2 Å². The molecule has 10 heteroatoms. The van der Waals surface area contributed by atoms with Crippen LogP contribution in [0.5, 0.6) is 5.88 Å². The molecule has 0 aromatic carbocycles.